The van der Waals surface area contributed by atoms with Crippen molar-refractivity contribution in [3.05, 3.63) is 5.82 Å². The van der Waals surface area contributed by atoms with Crippen LogP contribution in [0.1, 0.15) is 12.2 Å². The molecule has 0 spiro atoms. The molecule has 0 aliphatic rings. The molecule has 0 atom stereocenters. The maximum atomic E-state index is 8.75. The van der Waals surface area contributed by atoms with E-state index in [0.717, 1.165) is 13.0 Å². The molecule has 0 aliphatic carbocycles. The van der Waals surface area contributed by atoms with Crippen LogP contribution in [0.4, 0.5) is 11.9 Å². The van der Waals surface area contributed by atoms with Crippen LogP contribution in [0.15, 0.2) is 0 Å². The van der Waals surface area contributed by atoms with Gasteiger partial charge in [0.1, 0.15) is 5.82 Å². The lowest BCUT2D eigenvalue weighted by molar-refractivity contribution is 0.241. The van der Waals surface area contributed by atoms with E-state index in [4.69, 9.17) is 10.8 Å². The van der Waals surface area contributed by atoms with Crippen molar-refractivity contribution < 1.29 is 5.11 Å². The number of aliphatic hydroxyl groups is 1. The summed E-state index contributed by atoms with van der Waals surface area (Å²) in [6.45, 7) is 1.57. The van der Waals surface area contributed by atoms with E-state index in [0.29, 0.717) is 18.3 Å². The van der Waals surface area contributed by atoms with Crippen molar-refractivity contribution in [1.29, 1.82) is 0 Å². The third-order valence-electron chi connectivity index (χ3n) is 2.20. The maximum absolute atomic E-state index is 8.75. The first-order valence-corrected chi connectivity index (χ1v) is 5.50. The number of aromatic nitrogens is 3. The second kappa shape index (κ2) is 6.31. The lowest BCUT2D eigenvalue weighted by atomic mass is 10.4. The first-order chi connectivity index (χ1) is 8.02. The van der Waals surface area contributed by atoms with Gasteiger partial charge < -0.3 is 15.7 Å². The fourth-order valence-corrected chi connectivity index (χ4v) is 1.36. The Labute approximate surface area is 101 Å². The molecule has 17 heavy (non-hydrogen) atoms. The van der Waals surface area contributed by atoms with Crippen molar-refractivity contribution in [1.82, 2.24) is 19.9 Å². The molecule has 0 bridgehead atoms. The monoisotopic (exact) mass is 240 g/mol. The molecule has 96 valence electrons. The van der Waals surface area contributed by atoms with Gasteiger partial charge in [-0.2, -0.15) is 15.0 Å². The zero-order valence-electron chi connectivity index (χ0n) is 10.6. The van der Waals surface area contributed by atoms with Crippen LogP contribution in [0, 0.1) is 0 Å². The van der Waals surface area contributed by atoms with Crippen molar-refractivity contribution in [2.75, 3.05) is 44.9 Å². The number of nitrogens with zero attached hydrogens (tertiary/aromatic N) is 5. The highest BCUT2D eigenvalue weighted by Crippen LogP contribution is 2.07. The molecule has 1 heterocycles. The SMILES string of the molecule is CN(CCCO)Cc1nc(N)nc(N(C)C)n1. The van der Waals surface area contributed by atoms with Crippen molar-refractivity contribution in [3.63, 3.8) is 0 Å². The van der Waals surface area contributed by atoms with E-state index in [2.05, 4.69) is 15.0 Å². The molecule has 7 nitrogen and oxygen atoms in total. The summed E-state index contributed by atoms with van der Waals surface area (Å²) in [5.74, 6) is 1.43. The van der Waals surface area contributed by atoms with Gasteiger partial charge in [-0.25, -0.2) is 0 Å². The highest BCUT2D eigenvalue weighted by atomic mass is 16.3. The first-order valence-electron chi connectivity index (χ1n) is 5.50. The molecule has 0 unspecified atom stereocenters. The molecule has 0 aliphatic heterocycles. The molecule has 0 radical (unpaired) electrons. The van der Waals surface area contributed by atoms with Crippen LogP contribution in [-0.2, 0) is 6.54 Å². The van der Waals surface area contributed by atoms with Gasteiger partial charge in [0.05, 0.1) is 6.54 Å². The largest absolute Gasteiger partial charge is 0.396 e. The van der Waals surface area contributed by atoms with Gasteiger partial charge in [0.15, 0.2) is 0 Å². The molecular formula is C10H20N6O. The maximum Gasteiger partial charge on any atom is 0.229 e. The van der Waals surface area contributed by atoms with Crippen LogP contribution in [-0.4, -0.2) is 59.3 Å². The highest BCUT2D eigenvalue weighted by molar-refractivity contribution is 5.32. The van der Waals surface area contributed by atoms with Gasteiger partial charge in [0.2, 0.25) is 11.9 Å². The first kappa shape index (κ1) is 13.6. The molecule has 0 amide bonds. The second-order valence-corrected chi connectivity index (χ2v) is 4.12. The van der Waals surface area contributed by atoms with Gasteiger partial charge in [0.25, 0.3) is 0 Å². The van der Waals surface area contributed by atoms with E-state index >= 15 is 0 Å². The lowest BCUT2D eigenvalue weighted by Crippen LogP contribution is -2.23. The predicted molar refractivity (Wildman–Crippen MR) is 66.6 cm³/mol. The number of nitrogens with two attached hydrogens (primary N) is 1. The summed E-state index contributed by atoms with van der Waals surface area (Å²) < 4.78 is 0. The number of anilines is 2. The molecule has 1 aromatic heterocycles. The summed E-state index contributed by atoms with van der Waals surface area (Å²) in [5, 5.41) is 8.75. The van der Waals surface area contributed by atoms with E-state index < -0.39 is 0 Å². The summed E-state index contributed by atoms with van der Waals surface area (Å²) in [6.07, 6.45) is 0.734. The Kier molecular flexibility index (Phi) is 5.05. The van der Waals surface area contributed by atoms with Crippen LogP contribution >= 0.6 is 0 Å². The van der Waals surface area contributed by atoms with E-state index in [9.17, 15) is 0 Å². The molecule has 0 aromatic carbocycles. The minimum Gasteiger partial charge on any atom is -0.396 e. The molecule has 0 fully saturated rings. The number of aliphatic hydroxyl groups excluding tert-OH is 1. The number of hydrogen-bond acceptors (Lipinski definition) is 7. The Morgan fingerprint density at radius 1 is 1.18 bits per heavy atom. The molecule has 3 N–H and O–H groups in total. The molecular weight excluding hydrogens is 220 g/mol. The number of rotatable bonds is 6. The zero-order valence-corrected chi connectivity index (χ0v) is 10.6. The summed E-state index contributed by atoms with van der Waals surface area (Å²) in [5.41, 5.74) is 5.63. The fraction of sp³-hybridized carbons (Fsp3) is 0.700. The van der Waals surface area contributed by atoms with Gasteiger partial charge in [-0.05, 0) is 13.5 Å². The molecule has 0 saturated carbocycles. The topological polar surface area (TPSA) is 91.4 Å². The second-order valence-electron chi connectivity index (χ2n) is 4.12. The van der Waals surface area contributed by atoms with E-state index in [1.165, 1.54) is 0 Å². The van der Waals surface area contributed by atoms with Gasteiger partial charge in [-0.1, -0.05) is 0 Å². The molecule has 1 rings (SSSR count). The van der Waals surface area contributed by atoms with Crippen LogP contribution in [0.2, 0.25) is 0 Å². The Bertz CT molecular complexity index is 357. The van der Waals surface area contributed by atoms with Crippen LogP contribution in [0.25, 0.3) is 0 Å². The summed E-state index contributed by atoms with van der Waals surface area (Å²) in [7, 11) is 5.66. The summed E-state index contributed by atoms with van der Waals surface area (Å²) in [4.78, 5) is 16.2. The van der Waals surface area contributed by atoms with Gasteiger partial charge in [0, 0.05) is 27.2 Å². The normalized spacial score (nSPS) is 10.9. The number of hydrogen-bond donors (Lipinski definition) is 2. The van der Waals surface area contributed by atoms with Crippen molar-refractivity contribution in [2.24, 2.45) is 0 Å². The van der Waals surface area contributed by atoms with Gasteiger partial charge >= 0.3 is 0 Å². The van der Waals surface area contributed by atoms with Gasteiger partial charge in [-0.3, -0.25) is 4.90 Å². The quantitative estimate of drug-likeness (QED) is 0.681. The fourth-order valence-electron chi connectivity index (χ4n) is 1.36. The van der Waals surface area contributed by atoms with E-state index in [1.54, 1.807) is 4.90 Å². The van der Waals surface area contributed by atoms with Crippen LogP contribution in [0.3, 0.4) is 0 Å². The zero-order chi connectivity index (χ0) is 12.8. The van der Waals surface area contributed by atoms with E-state index in [1.807, 2.05) is 26.0 Å². The smallest absolute Gasteiger partial charge is 0.229 e. The Balaban J connectivity index is 2.70. The van der Waals surface area contributed by atoms with Crippen molar-refractivity contribution in [3.8, 4) is 0 Å². The third-order valence-corrected chi connectivity index (χ3v) is 2.20. The average Bonchev–Trinajstić information content (AvgIpc) is 2.25. The summed E-state index contributed by atoms with van der Waals surface area (Å²) in [6, 6.07) is 0. The molecule has 7 heteroatoms. The predicted octanol–water partition coefficient (Wildman–Crippen LogP) is -0.666. The number of nitrogen functional groups attached to an aromatic ring is 1. The van der Waals surface area contributed by atoms with Crippen LogP contribution < -0.4 is 10.6 Å². The average molecular weight is 240 g/mol. The van der Waals surface area contributed by atoms with Crippen molar-refractivity contribution in [2.45, 2.75) is 13.0 Å². The Hall–Kier alpha value is -1.47. The Morgan fingerprint density at radius 2 is 1.88 bits per heavy atom. The minimum absolute atomic E-state index is 0.187. The summed E-state index contributed by atoms with van der Waals surface area (Å²) >= 11 is 0. The van der Waals surface area contributed by atoms with Crippen LogP contribution in [0.5, 0.6) is 0 Å². The highest BCUT2D eigenvalue weighted by Gasteiger charge is 2.08. The molecule has 1 aromatic rings. The lowest BCUT2D eigenvalue weighted by Gasteiger charge is -2.16. The van der Waals surface area contributed by atoms with Gasteiger partial charge in [-0.15, -0.1) is 0 Å². The Morgan fingerprint density at radius 3 is 2.47 bits per heavy atom. The standard InChI is InChI=1S/C10H20N6O/c1-15(2)10-13-8(12-9(11)14-10)7-16(3)5-4-6-17/h17H,4-7H2,1-3H3,(H2,11,12,13,14). The minimum atomic E-state index is 0.187. The van der Waals surface area contributed by atoms with Crippen molar-refractivity contribution >= 4 is 11.9 Å². The molecule has 0 saturated heterocycles. The van der Waals surface area contributed by atoms with E-state index in [-0.39, 0.29) is 12.6 Å². The third kappa shape index (κ3) is 4.49.